The number of rotatable bonds is 12. The third-order valence-corrected chi connectivity index (χ3v) is 3.10. The van der Waals surface area contributed by atoms with Gasteiger partial charge in [0.15, 0.2) is 11.5 Å². The molecule has 0 saturated carbocycles. The van der Waals surface area contributed by atoms with Gasteiger partial charge in [0.1, 0.15) is 0 Å². The van der Waals surface area contributed by atoms with Gasteiger partial charge in [0.25, 0.3) is 0 Å². The summed E-state index contributed by atoms with van der Waals surface area (Å²) < 4.78 is 30.1. The van der Waals surface area contributed by atoms with Crippen LogP contribution >= 0.6 is 0 Å². The fourth-order valence-electron chi connectivity index (χ4n) is 2.07. The monoisotopic (exact) mass is 312 g/mol. The van der Waals surface area contributed by atoms with Crippen molar-refractivity contribution in [3.8, 4) is 17.2 Å². The van der Waals surface area contributed by atoms with Crippen molar-refractivity contribution >= 4 is 0 Å². The fraction of sp³-hybridized carbons (Fsp3) is 0.667. The number of aryl methyl sites for hydroxylation is 1. The number of alkyl halides is 1. The molecule has 1 rings (SSSR count). The summed E-state index contributed by atoms with van der Waals surface area (Å²) in [6, 6.07) is 3.87. The Kier molecular flexibility index (Phi) is 9.44. The number of ether oxygens (including phenoxy) is 3. The van der Waals surface area contributed by atoms with Crippen molar-refractivity contribution in [2.75, 3.05) is 26.5 Å². The molecule has 4 heteroatoms. The van der Waals surface area contributed by atoms with E-state index in [2.05, 4.69) is 20.8 Å². The van der Waals surface area contributed by atoms with Crippen molar-refractivity contribution in [3.63, 3.8) is 0 Å². The van der Waals surface area contributed by atoms with E-state index in [1.165, 1.54) is 0 Å². The lowest BCUT2D eigenvalue weighted by molar-refractivity contribution is 0.241. The normalized spacial score (nSPS) is 10.5. The quantitative estimate of drug-likeness (QED) is 0.546. The van der Waals surface area contributed by atoms with Crippen molar-refractivity contribution in [1.29, 1.82) is 0 Å². The van der Waals surface area contributed by atoms with Crippen molar-refractivity contribution < 1.29 is 18.6 Å². The summed E-state index contributed by atoms with van der Waals surface area (Å²) in [5, 5.41) is 0. The smallest absolute Gasteiger partial charge is 0.203 e. The molecule has 3 nitrogen and oxygen atoms in total. The van der Waals surface area contributed by atoms with E-state index in [1.54, 1.807) is 0 Å². The zero-order valence-electron chi connectivity index (χ0n) is 14.1. The average molecular weight is 312 g/mol. The minimum atomic E-state index is -0.327. The number of halogens is 1. The third kappa shape index (κ3) is 5.74. The van der Waals surface area contributed by atoms with E-state index in [1.807, 2.05) is 12.1 Å². The molecule has 0 aliphatic rings. The summed E-state index contributed by atoms with van der Waals surface area (Å²) in [5.74, 6) is 2.10. The van der Waals surface area contributed by atoms with E-state index < -0.39 is 0 Å². The molecule has 0 aromatic heterocycles. The molecule has 0 aliphatic carbocycles. The van der Waals surface area contributed by atoms with E-state index in [4.69, 9.17) is 14.2 Å². The van der Waals surface area contributed by atoms with Crippen LogP contribution in [0.4, 0.5) is 4.39 Å². The maximum atomic E-state index is 12.5. The van der Waals surface area contributed by atoms with Crippen LogP contribution in [0.5, 0.6) is 17.2 Å². The topological polar surface area (TPSA) is 27.7 Å². The minimum absolute atomic E-state index is 0.327. The lowest BCUT2D eigenvalue weighted by Gasteiger charge is -2.19. The van der Waals surface area contributed by atoms with Crippen molar-refractivity contribution in [2.45, 2.75) is 52.9 Å². The van der Waals surface area contributed by atoms with E-state index in [9.17, 15) is 4.39 Å². The molecular formula is C18H29FO3. The molecule has 0 atom stereocenters. The molecule has 126 valence electrons. The van der Waals surface area contributed by atoms with Crippen LogP contribution in [0.2, 0.25) is 0 Å². The molecular weight excluding hydrogens is 283 g/mol. The highest BCUT2D eigenvalue weighted by Crippen LogP contribution is 2.41. The molecule has 0 aliphatic heterocycles. The van der Waals surface area contributed by atoms with Crippen LogP contribution in [0.3, 0.4) is 0 Å². The van der Waals surface area contributed by atoms with Gasteiger partial charge in [-0.05, 0) is 43.7 Å². The van der Waals surface area contributed by atoms with Crippen molar-refractivity contribution in [3.05, 3.63) is 17.7 Å². The van der Waals surface area contributed by atoms with Crippen LogP contribution in [0.1, 0.15) is 52.0 Å². The Bertz CT molecular complexity index is 382. The predicted molar refractivity (Wildman–Crippen MR) is 88.1 cm³/mol. The summed E-state index contributed by atoms with van der Waals surface area (Å²) in [7, 11) is 0. The van der Waals surface area contributed by atoms with Gasteiger partial charge in [-0.15, -0.1) is 0 Å². The lowest BCUT2D eigenvalue weighted by atomic mass is 10.1. The van der Waals surface area contributed by atoms with Crippen molar-refractivity contribution in [1.82, 2.24) is 0 Å². The largest absolute Gasteiger partial charge is 0.490 e. The molecule has 0 spiro atoms. The van der Waals surface area contributed by atoms with Crippen LogP contribution in [0.25, 0.3) is 0 Å². The molecule has 0 radical (unpaired) electrons. The second-order valence-corrected chi connectivity index (χ2v) is 5.22. The minimum Gasteiger partial charge on any atom is -0.490 e. The first kappa shape index (κ1) is 18.6. The maximum absolute atomic E-state index is 12.5. The van der Waals surface area contributed by atoms with Gasteiger partial charge >= 0.3 is 0 Å². The van der Waals surface area contributed by atoms with Gasteiger partial charge in [-0.2, -0.15) is 0 Å². The maximum Gasteiger partial charge on any atom is 0.203 e. The van der Waals surface area contributed by atoms with Crippen LogP contribution in [-0.2, 0) is 6.42 Å². The van der Waals surface area contributed by atoms with E-state index >= 15 is 0 Å². The van der Waals surface area contributed by atoms with E-state index in [-0.39, 0.29) is 6.67 Å². The Labute approximate surface area is 133 Å². The molecule has 1 aromatic rings. The lowest BCUT2D eigenvalue weighted by Crippen LogP contribution is -2.07. The van der Waals surface area contributed by atoms with Gasteiger partial charge in [0.2, 0.25) is 5.75 Å². The highest BCUT2D eigenvalue weighted by molar-refractivity contribution is 5.56. The molecule has 0 fully saturated rings. The Morgan fingerprint density at radius 2 is 1.41 bits per heavy atom. The third-order valence-electron chi connectivity index (χ3n) is 3.10. The molecule has 22 heavy (non-hydrogen) atoms. The summed E-state index contributed by atoms with van der Waals surface area (Å²) in [5.41, 5.74) is 0.987. The molecule has 0 amide bonds. The predicted octanol–water partition coefficient (Wildman–Crippen LogP) is 4.96. The standard InChI is InChI=1S/C18H29FO3/c1-4-12-20-16-10-9-15(8-7-11-19)17(21-13-5-2)18(16)22-14-6-3/h9-10H,4-8,11-14H2,1-3H3. The summed E-state index contributed by atoms with van der Waals surface area (Å²) in [6.45, 7) is 7.72. The first-order chi connectivity index (χ1) is 10.8. The van der Waals surface area contributed by atoms with Gasteiger partial charge in [-0.25, -0.2) is 0 Å². The summed E-state index contributed by atoms with van der Waals surface area (Å²) in [6.07, 6.45) is 3.89. The Balaban J connectivity index is 3.11. The highest BCUT2D eigenvalue weighted by Gasteiger charge is 2.17. The van der Waals surface area contributed by atoms with E-state index in [0.717, 1.165) is 30.6 Å². The van der Waals surface area contributed by atoms with Crippen LogP contribution < -0.4 is 14.2 Å². The first-order valence-corrected chi connectivity index (χ1v) is 8.38. The molecule has 0 unspecified atom stereocenters. The van der Waals surface area contributed by atoms with Crippen molar-refractivity contribution in [2.24, 2.45) is 0 Å². The van der Waals surface area contributed by atoms with Gasteiger partial charge < -0.3 is 14.2 Å². The molecule has 1 aromatic carbocycles. The second kappa shape index (κ2) is 11.2. The van der Waals surface area contributed by atoms with Gasteiger partial charge in [-0.1, -0.05) is 26.8 Å². The van der Waals surface area contributed by atoms with E-state index in [0.29, 0.717) is 44.2 Å². The zero-order chi connectivity index (χ0) is 16.2. The first-order valence-electron chi connectivity index (χ1n) is 8.38. The Morgan fingerprint density at radius 3 is 2.00 bits per heavy atom. The number of hydrogen-bond acceptors (Lipinski definition) is 3. The zero-order valence-corrected chi connectivity index (χ0v) is 14.1. The van der Waals surface area contributed by atoms with Gasteiger partial charge in [0, 0.05) is 0 Å². The SMILES string of the molecule is CCCOc1ccc(CCCF)c(OCCC)c1OCCC. The molecule has 0 N–H and O–H groups in total. The average Bonchev–Trinajstić information content (AvgIpc) is 2.55. The summed E-state index contributed by atoms with van der Waals surface area (Å²) >= 11 is 0. The van der Waals surface area contributed by atoms with Gasteiger partial charge in [0.05, 0.1) is 26.5 Å². The molecule has 0 saturated heterocycles. The molecule has 0 heterocycles. The van der Waals surface area contributed by atoms with Crippen LogP contribution in [-0.4, -0.2) is 26.5 Å². The highest BCUT2D eigenvalue weighted by atomic mass is 19.1. The van der Waals surface area contributed by atoms with Gasteiger partial charge in [-0.3, -0.25) is 4.39 Å². The Hall–Kier alpha value is -1.45. The van der Waals surface area contributed by atoms with Crippen LogP contribution in [0, 0.1) is 0 Å². The molecule has 0 bridgehead atoms. The fourth-order valence-corrected chi connectivity index (χ4v) is 2.07. The summed E-state index contributed by atoms with van der Waals surface area (Å²) in [4.78, 5) is 0. The number of benzene rings is 1. The number of hydrogen-bond donors (Lipinski definition) is 0. The second-order valence-electron chi connectivity index (χ2n) is 5.22. The van der Waals surface area contributed by atoms with Crippen LogP contribution in [0.15, 0.2) is 12.1 Å². The Morgan fingerprint density at radius 1 is 0.818 bits per heavy atom.